The summed E-state index contributed by atoms with van der Waals surface area (Å²) < 4.78 is 12.9. The standard InChI is InChI=1S/C12H12FN3/c1-16(12-4-2-3-7-15-12)11-6-5-9(13)8-10(11)14/h2-8H,14H2,1H3. The second-order valence-corrected chi connectivity index (χ2v) is 3.45. The number of halogens is 1. The predicted molar refractivity (Wildman–Crippen MR) is 63.1 cm³/mol. The van der Waals surface area contributed by atoms with E-state index in [1.54, 1.807) is 12.3 Å². The quantitative estimate of drug-likeness (QED) is 0.786. The molecule has 0 aliphatic heterocycles. The van der Waals surface area contributed by atoms with Crippen molar-refractivity contribution in [1.82, 2.24) is 4.98 Å². The van der Waals surface area contributed by atoms with Crippen LogP contribution in [0.5, 0.6) is 0 Å². The van der Waals surface area contributed by atoms with Gasteiger partial charge in [-0.25, -0.2) is 9.37 Å². The molecule has 0 atom stereocenters. The second kappa shape index (κ2) is 4.18. The number of nitrogen functional groups attached to an aromatic ring is 1. The summed E-state index contributed by atoms with van der Waals surface area (Å²) in [6.45, 7) is 0. The van der Waals surface area contributed by atoms with Gasteiger partial charge in [-0.3, -0.25) is 0 Å². The van der Waals surface area contributed by atoms with E-state index in [-0.39, 0.29) is 5.82 Å². The van der Waals surface area contributed by atoms with E-state index in [9.17, 15) is 4.39 Å². The van der Waals surface area contributed by atoms with Crippen molar-refractivity contribution >= 4 is 17.2 Å². The van der Waals surface area contributed by atoms with Crippen LogP contribution in [0.4, 0.5) is 21.6 Å². The SMILES string of the molecule is CN(c1ccccn1)c1ccc(F)cc1N. The monoisotopic (exact) mass is 217 g/mol. The van der Waals surface area contributed by atoms with Crippen molar-refractivity contribution < 1.29 is 4.39 Å². The Kier molecular flexibility index (Phi) is 2.72. The van der Waals surface area contributed by atoms with Crippen LogP contribution in [0.15, 0.2) is 42.6 Å². The summed E-state index contributed by atoms with van der Waals surface area (Å²) in [5, 5.41) is 0. The first-order valence-electron chi connectivity index (χ1n) is 4.88. The fourth-order valence-electron chi connectivity index (χ4n) is 1.51. The fraction of sp³-hybridized carbons (Fsp3) is 0.0833. The summed E-state index contributed by atoms with van der Waals surface area (Å²) in [6.07, 6.45) is 1.70. The van der Waals surface area contributed by atoms with E-state index in [0.29, 0.717) is 5.69 Å². The van der Waals surface area contributed by atoms with Crippen LogP contribution >= 0.6 is 0 Å². The molecule has 0 aliphatic rings. The number of rotatable bonds is 2. The molecule has 0 unspecified atom stereocenters. The lowest BCUT2D eigenvalue weighted by atomic mass is 10.2. The van der Waals surface area contributed by atoms with Gasteiger partial charge in [0.25, 0.3) is 0 Å². The van der Waals surface area contributed by atoms with Crippen molar-refractivity contribution in [2.75, 3.05) is 17.7 Å². The average Bonchev–Trinajstić information content (AvgIpc) is 2.29. The van der Waals surface area contributed by atoms with E-state index in [0.717, 1.165) is 11.5 Å². The zero-order valence-electron chi connectivity index (χ0n) is 8.89. The average molecular weight is 217 g/mol. The number of aromatic nitrogens is 1. The number of nitrogens with zero attached hydrogens (tertiary/aromatic N) is 2. The molecule has 3 nitrogen and oxygen atoms in total. The van der Waals surface area contributed by atoms with Gasteiger partial charge < -0.3 is 10.6 Å². The summed E-state index contributed by atoms with van der Waals surface area (Å²) in [4.78, 5) is 6.01. The van der Waals surface area contributed by atoms with Crippen molar-refractivity contribution in [3.63, 3.8) is 0 Å². The van der Waals surface area contributed by atoms with Crippen LogP contribution in [0.3, 0.4) is 0 Å². The Hall–Kier alpha value is -2.10. The number of benzene rings is 1. The molecular weight excluding hydrogens is 205 g/mol. The summed E-state index contributed by atoms with van der Waals surface area (Å²) in [7, 11) is 1.84. The summed E-state index contributed by atoms with van der Waals surface area (Å²) in [5.41, 5.74) is 6.88. The van der Waals surface area contributed by atoms with E-state index < -0.39 is 0 Å². The normalized spacial score (nSPS) is 10.1. The molecule has 4 heteroatoms. The van der Waals surface area contributed by atoms with Gasteiger partial charge in [0, 0.05) is 13.2 Å². The number of hydrogen-bond donors (Lipinski definition) is 1. The highest BCUT2D eigenvalue weighted by molar-refractivity contribution is 5.72. The third-order valence-electron chi connectivity index (χ3n) is 2.34. The topological polar surface area (TPSA) is 42.2 Å². The van der Waals surface area contributed by atoms with Crippen molar-refractivity contribution in [1.29, 1.82) is 0 Å². The first kappa shape index (κ1) is 10.4. The Morgan fingerprint density at radius 1 is 1.25 bits per heavy atom. The Balaban J connectivity index is 2.38. The molecule has 0 radical (unpaired) electrons. The summed E-state index contributed by atoms with van der Waals surface area (Å²) in [5.74, 6) is 0.427. The predicted octanol–water partition coefficient (Wildman–Crippen LogP) is 2.57. The first-order valence-corrected chi connectivity index (χ1v) is 4.88. The smallest absolute Gasteiger partial charge is 0.132 e. The lowest BCUT2D eigenvalue weighted by Crippen LogP contribution is -2.12. The van der Waals surface area contributed by atoms with Crippen molar-refractivity contribution in [2.24, 2.45) is 0 Å². The van der Waals surface area contributed by atoms with Crippen molar-refractivity contribution in [2.45, 2.75) is 0 Å². The van der Waals surface area contributed by atoms with Crippen molar-refractivity contribution in [3.05, 3.63) is 48.4 Å². The molecule has 16 heavy (non-hydrogen) atoms. The molecule has 0 aliphatic carbocycles. The maximum Gasteiger partial charge on any atom is 0.132 e. The van der Waals surface area contributed by atoms with E-state index in [1.807, 2.05) is 30.1 Å². The van der Waals surface area contributed by atoms with Crippen LogP contribution in [0.2, 0.25) is 0 Å². The van der Waals surface area contributed by atoms with E-state index >= 15 is 0 Å². The minimum atomic E-state index is -0.337. The molecule has 0 amide bonds. The Morgan fingerprint density at radius 3 is 2.69 bits per heavy atom. The molecule has 1 aromatic heterocycles. The third-order valence-corrected chi connectivity index (χ3v) is 2.34. The van der Waals surface area contributed by atoms with Crippen LogP contribution in [0.25, 0.3) is 0 Å². The van der Waals surface area contributed by atoms with Crippen LogP contribution in [-0.4, -0.2) is 12.0 Å². The summed E-state index contributed by atoms with van der Waals surface area (Å²) >= 11 is 0. The zero-order valence-corrected chi connectivity index (χ0v) is 8.89. The Morgan fingerprint density at radius 2 is 2.06 bits per heavy atom. The molecule has 2 aromatic rings. The lowest BCUT2D eigenvalue weighted by Gasteiger charge is -2.19. The molecule has 1 heterocycles. The van der Waals surface area contributed by atoms with Crippen LogP contribution in [0, 0.1) is 5.82 Å². The minimum Gasteiger partial charge on any atom is -0.397 e. The molecule has 82 valence electrons. The van der Waals surface area contributed by atoms with Gasteiger partial charge in [-0.05, 0) is 30.3 Å². The van der Waals surface area contributed by atoms with Crippen LogP contribution < -0.4 is 10.6 Å². The van der Waals surface area contributed by atoms with Gasteiger partial charge in [0.1, 0.15) is 11.6 Å². The maximum atomic E-state index is 12.9. The molecule has 0 spiro atoms. The third kappa shape index (κ3) is 1.95. The molecule has 0 saturated carbocycles. The first-order chi connectivity index (χ1) is 7.68. The van der Waals surface area contributed by atoms with Gasteiger partial charge in [0.05, 0.1) is 11.4 Å². The lowest BCUT2D eigenvalue weighted by molar-refractivity contribution is 0.628. The van der Waals surface area contributed by atoms with Gasteiger partial charge in [0.15, 0.2) is 0 Å². The highest BCUT2D eigenvalue weighted by Crippen LogP contribution is 2.27. The van der Waals surface area contributed by atoms with Crippen LogP contribution in [0.1, 0.15) is 0 Å². The highest BCUT2D eigenvalue weighted by atomic mass is 19.1. The van der Waals surface area contributed by atoms with Gasteiger partial charge in [0.2, 0.25) is 0 Å². The van der Waals surface area contributed by atoms with E-state index in [4.69, 9.17) is 5.73 Å². The van der Waals surface area contributed by atoms with E-state index in [2.05, 4.69) is 4.98 Å². The number of pyridine rings is 1. The highest BCUT2D eigenvalue weighted by Gasteiger charge is 2.08. The fourth-order valence-corrected chi connectivity index (χ4v) is 1.51. The Labute approximate surface area is 93.3 Å². The van der Waals surface area contributed by atoms with Gasteiger partial charge in [-0.15, -0.1) is 0 Å². The molecule has 0 fully saturated rings. The van der Waals surface area contributed by atoms with Gasteiger partial charge in [-0.1, -0.05) is 6.07 Å². The minimum absolute atomic E-state index is 0.337. The molecule has 0 bridgehead atoms. The second-order valence-electron chi connectivity index (χ2n) is 3.45. The van der Waals surface area contributed by atoms with Gasteiger partial charge >= 0.3 is 0 Å². The maximum absolute atomic E-state index is 12.9. The zero-order chi connectivity index (χ0) is 11.5. The molecule has 0 saturated heterocycles. The molecular formula is C12H12FN3. The Bertz CT molecular complexity index is 485. The molecule has 2 rings (SSSR count). The number of nitrogens with two attached hydrogens (primary N) is 1. The molecule has 2 N–H and O–H groups in total. The number of anilines is 3. The largest absolute Gasteiger partial charge is 0.397 e. The van der Waals surface area contributed by atoms with Crippen LogP contribution in [-0.2, 0) is 0 Å². The molecule has 1 aromatic carbocycles. The van der Waals surface area contributed by atoms with E-state index in [1.165, 1.54) is 12.1 Å². The summed E-state index contributed by atoms with van der Waals surface area (Å²) in [6, 6.07) is 9.91. The van der Waals surface area contributed by atoms with Gasteiger partial charge in [-0.2, -0.15) is 0 Å². The number of hydrogen-bond acceptors (Lipinski definition) is 3. The van der Waals surface area contributed by atoms with Crippen molar-refractivity contribution in [3.8, 4) is 0 Å².